The maximum atomic E-state index is 10.4. The largest absolute Gasteiger partial charge is 0.388 e. The first-order valence-corrected chi connectivity index (χ1v) is 4.48. The number of allylic oxidation sites excluding steroid dienone is 2. The van der Waals surface area contributed by atoms with Crippen molar-refractivity contribution in [1.82, 2.24) is 5.32 Å². The van der Waals surface area contributed by atoms with E-state index >= 15 is 0 Å². The van der Waals surface area contributed by atoms with Crippen molar-refractivity contribution in [2.45, 2.75) is 34.1 Å². The number of nitrogens with one attached hydrogen (secondary N) is 1. The second-order valence-corrected chi connectivity index (χ2v) is 3.32. The van der Waals surface area contributed by atoms with Crippen LogP contribution in [0.15, 0.2) is 11.3 Å². The van der Waals surface area contributed by atoms with Gasteiger partial charge in [0.05, 0.1) is 0 Å². The van der Waals surface area contributed by atoms with E-state index in [0.717, 1.165) is 24.1 Å². The summed E-state index contributed by atoms with van der Waals surface area (Å²) in [7, 11) is 0. The summed E-state index contributed by atoms with van der Waals surface area (Å²) in [6, 6.07) is 0. The van der Waals surface area contributed by atoms with Crippen LogP contribution in [-0.2, 0) is 4.79 Å². The zero-order chi connectivity index (χ0) is 9.56. The molecule has 0 heterocycles. The summed E-state index contributed by atoms with van der Waals surface area (Å²) in [5, 5.41) is 3.23. The molecule has 2 heteroatoms. The summed E-state index contributed by atoms with van der Waals surface area (Å²) in [5.41, 5.74) is 1.78. The first kappa shape index (κ1) is 11.2. The van der Waals surface area contributed by atoms with Gasteiger partial charge in [-0.25, -0.2) is 0 Å². The molecule has 0 saturated heterocycles. The second-order valence-electron chi connectivity index (χ2n) is 3.32. The summed E-state index contributed by atoms with van der Waals surface area (Å²) in [6.45, 7) is 9.07. The number of aldehydes is 1. The van der Waals surface area contributed by atoms with Gasteiger partial charge in [0.2, 0.25) is 0 Å². The van der Waals surface area contributed by atoms with Gasteiger partial charge in [-0.2, -0.15) is 0 Å². The molecule has 0 aromatic rings. The highest BCUT2D eigenvalue weighted by Gasteiger charge is 1.99. The van der Waals surface area contributed by atoms with Gasteiger partial charge in [-0.1, -0.05) is 20.3 Å². The fourth-order valence-electron chi connectivity index (χ4n) is 0.699. The molecule has 1 unspecified atom stereocenters. The molecule has 0 saturated carbocycles. The lowest BCUT2D eigenvalue weighted by Crippen LogP contribution is -2.20. The average Bonchev–Trinajstić information content (AvgIpc) is 2.11. The third kappa shape index (κ3) is 4.16. The van der Waals surface area contributed by atoms with Crippen LogP contribution >= 0.6 is 0 Å². The highest BCUT2D eigenvalue weighted by molar-refractivity contribution is 5.73. The molecular weight excluding hydrogens is 150 g/mol. The van der Waals surface area contributed by atoms with Crippen molar-refractivity contribution in [1.29, 1.82) is 0 Å². The molecular formula is C10H19NO. The molecule has 1 atom stereocenters. The molecule has 70 valence electrons. The molecule has 12 heavy (non-hydrogen) atoms. The molecule has 2 nitrogen and oxygen atoms in total. The smallest absolute Gasteiger partial charge is 0.147 e. The summed E-state index contributed by atoms with van der Waals surface area (Å²) < 4.78 is 0. The van der Waals surface area contributed by atoms with Crippen molar-refractivity contribution >= 4 is 6.29 Å². The van der Waals surface area contributed by atoms with Gasteiger partial charge in [-0.05, 0) is 19.8 Å². The normalized spacial score (nSPS) is 15.0. The van der Waals surface area contributed by atoms with Crippen LogP contribution in [0, 0.1) is 5.92 Å². The van der Waals surface area contributed by atoms with Crippen molar-refractivity contribution in [3.63, 3.8) is 0 Å². The predicted molar refractivity (Wildman–Crippen MR) is 51.9 cm³/mol. The Morgan fingerprint density at radius 2 is 2.08 bits per heavy atom. The van der Waals surface area contributed by atoms with Crippen molar-refractivity contribution < 1.29 is 4.79 Å². The molecule has 1 N–H and O–H groups in total. The van der Waals surface area contributed by atoms with E-state index in [9.17, 15) is 4.79 Å². The van der Waals surface area contributed by atoms with Crippen molar-refractivity contribution in [3.05, 3.63) is 11.3 Å². The maximum Gasteiger partial charge on any atom is 0.147 e. The predicted octanol–water partition coefficient (Wildman–Crippen LogP) is 2.11. The summed E-state index contributed by atoms with van der Waals surface area (Å²) in [5.74, 6) is 0.666. The average molecular weight is 169 g/mol. The minimum atomic E-state index is 0.666. The lowest BCUT2D eigenvalue weighted by molar-refractivity contribution is -0.104. The van der Waals surface area contributed by atoms with E-state index in [0.29, 0.717) is 5.92 Å². The first-order chi connectivity index (χ1) is 5.61. The van der Waals surface area contributed by atoms with Crippen LogP contribution in [0.1, 0.15) is 34.1 Å². The van der Waals surface area contributed by atoms with E-state index in [1.165, 1.54) is 6.42 Å². The first-order valence-electron chi connectivity index (χ1n) is 4.48. The topological polar surface area (TPSA) is 29.1 Å². The lowest BCUT2D eigenvalue weighted by atomic mass is 10.1. The minimum Gasteiger partial charge on any atom is -0.388 e. The lowest BCUT2D eigenvalue weighted by Gasteiger charge is -2.12. The van der Waals surface area contributed by atoms with Crippen LogP contribution in [0.4, 0.5) is 0 Å². The second kappa shape index (κ2) is 5.81. The third-order valence-electron chi connectivity index (χ3n) is 2.18. The fourth-order valence-corrected chi connectivity index (χ4v) is 0.699. The van der Waals surface area contributed by atoms with Gasteiger partial charge in [0, 0.05) is 17.8 Å². The van der Waals surface area contributed by atoms with E-state index < -0.39 is 0 Å². The van der Waals surface area contributed by atoms with Gasteiger partial charge in [0.1, 0.15) is 6.29 Å². The monoisotopic (exact) mass is 169 g/mol. The Labute approximate surface area is 75.0 Å². The van der Waals surface area contributed by atoms with E-state index in [-0.39, 0.29) is 0 Å². The standard InChI is InChI=1S/C10H19NO/c1-5-8(2)6-11-10(4)9(3)7-12/h7-8,11H,5-6H2,1-4H3/b10-9+. The minimum absolute atomic E-state index is 0.666. The fraction of sp³-hybridized carbons (Fsp3) is 0.700. The molecule has 0 bridgehead atoms. The number of carbonyl (C=O) groups excluding carboxylic acids is 1. The van der Waals surface area contributed by atoms with Gasteiger partial charge in [-0.3, -0.25) is 4.79 Å². The van der Waals surface area contributed by atoms with Crippen LogP contribution in [0.25, 0.3) is 0 Å². The van der Waals surface area contributed by atoms with E-state index in [2.05, 4.69) is 19.2 Å². The van der Waals surface area contributed by atoms with E-state index in [1.807, 2.05) is 13.8 Å². The SMILES string of the molecule is CCC(C)CN/C(C)=C(\C)C=O. The third-order valence-corrected chi connectivity index (χ3v) is 2.18. The van der Waals surface area contributed by atoms with Gasteiger partial charge in [-0.15, -0.1) is 0 Å². The molecule has 0 radical (unpaired) electrons. The Morgan fingerprint density at radius 1 is 1.50 bits per heavy atom. The number of rotatable bonds is 5. The molecule has 0 fully saturated rings. The van der Waals surface area contributed by atoms with Crippen molar-refractivity contribution in [2.24, 2.45) is 5.92 Å². The van der Waals surface area contributed by atoms with Crippen LogP contribution in [-0.4, -0.2) is 12.8 Å². The Kier molecular flexibility index (Phi) is 5.43. The highest BCUT2D eigenvalue weighted by Crippen LogP contribution is 2.01. The number of carbonyl (C=O) groups is 1. The zero-order valence-corrected chi connectivity index (χ0v) is 8.48. The molecule has 0 amide bonds. The molecule has 0 rings (SSSR count). The van der Waals surface area contributed by atoms with Crippen molar-refractivity contribution in [2.75, 3.05) is 6.54 Å². The molecule has 0 spiro atoms. The van der Waals surface area contributed by atoms with E-state index in [4.69, 9.17) is 0 Å². The quantitative estimate of drug-likeness (QED) is 0.504. The Balaban J connectivity index is 3.85. The van der Waals surface area contributed by atoms with E-state index in [1.54, 1.807) is 0 Å². The molecule has 0 aliphatic carbocycles. The molecule has 0 aliphatic heterocycles. The van der Waals surface area contributed by atoms with Gasteiger partial charge < -0.3 is 5.32 Å². The maximum absolute atomic E-state index is 10.4. The Hall–Kier alpha value is -0.790. The summed E-state index contributed by atoms with van der Waals surface area (Å²) in [6.07, 6.45) is 2.05. The molecule has 0 aromatic carbocycles. The summed E-state index contributed by atoms with van der Waals surface area (Å²) >= 11 is 0. The number of hydrogen-bond acceptors (Lipinski definition) is 2. The van der Waals surface area contributed by atoms with Crippen LogP contribution in [0.2, 0.25) is 0 Å². The van der Waals surface area contributed by atoms with Gasteiger partial charge in [0.25, 0.3) is 0 Å². The zero-order valence-electron chi connectivity index (χ0n) is 8.48. The van der Waals surface area contributed by atoms with Crippen LogP contribution < -0.4 is 5.32 Å². The molecule has 0 aromatic heterocycles. The van der Waals surface area contributed by atoms with Gasteiger partial charge >= 0.3 is 0 Å². The summed E-state index contributed by atoms with van der Waals surface area (Å²) in [4.78, 5) is 10.4. The van der Waals surface area contributed by atoms with Gasteiger partial charge in [0.15, 0.2) is 0 Å². The Morgan fingerprint density at radius 3 is 2.50 bits per heavy atom. The Bertz CT molecular complexity index is 173. The number of hydrogen-bond donors (Lipinski definition) is 1. The molecule has 0 aliphatic rings. The highest BCUT2D eigenvalue weighted by atomic mass is 16.1. The van der Waals surface area contributed by atoms with Crippen LogP contribution in [0.3, 0.4) is 0 Å². The van der Waals surface area contributed by atoms with Crippen LogP contribution in [0.5, 0.6) is 0 Å². The van der Waals surface area contributed by atoms with Crippen molar-refractivity contribution in [3.8, 4) is 0 Å².